The maximum Gasteiger partial charge on any atom is 0.471 e. The Bertz CT molecular complexity index is 2970. The van der Waals surface area contributed by atoms with E-state index in [0.717, 1.165) is 39.2 Å². The van der Waals surface area contributed by atoms with Crippen molar-refractivity contribution in [1.29, 1.82) is 0 Å². The van der Waals surface area contributed by atoms with Crippen molar-refractivity contribution in [2.75, 3.05) is 139 Å². The van der Waals surface area contributed by atoms with Crippen molar-refractivity contribution in [2.45, 2.75) is 298 Å². The Morgan fingerprint density at radius 3 is 1.14 bits per heavy atom. The van der Waals surface area contributed by atoms with Gasteiger partial charge in [0.2, 0.25) is 65.0 Å². The van der Waals surface area contributed by atoms with E-state index in [2.05, 4.69) is 57.7 Å². The molecule has 4 fully saturated rings. The van der Waals surface area contributed by atoms with E-state index in [0.29, 0.717) is 77.0 Å². The number of unbranched alkanes of at least 4 members (excludes halogenated alkanes) is 10. The zero-order chi connectivity index (χ0) is 92.1. The molecule has 4 rings (SSSR count). The first kappa shape index (κ1) is 111. The minimum Gasteiger partial charge on any atom is -0.396 e. The topological polar surface area (TPSA) is 634 Å². The van der Waals surface area contributed by atoms with Gasteiger partial charge in [-0.05, 0) is 89.9 Å². The average Bonchev–Trinajstić information content (AvgIpc) is 1.57. The van der Waals surface area contributed by atoms with E-state index in [-0.39, 0.29) is 237 Å². The number of aliphatic hydroxyl groups excluding tert-OH is 10. The Morgan fingerprint density at radius 2 is 0.760 bits per heavy atom. The molecule has 0 aromatic carbocycles. The summed E-state index contributed by atoms with van der Waals surface area (Å²) in [6, 6.07) is -3.44. The molecule has 0 radical (unpaired) electrons. The van der Waals surface area contributed by atoms with Crippen LogP contribution < -0.4 is 53.2 Å². The molecule has 0 spiro atoms. The molecule has 4 aliphatic rings. The molecular formula is C81H146N11O32P. The van der Waals surface area contributed by atoms with E-state index >= 15 is 0 Å². The van der Waals surface area contributed by atoms with E-state index < -0.39 is 147 Å². The summed E-state index contributed by atoms with van der Waals surface area (Å²) in [6.45, 7) is 2.82. The van der Waals surface area contributed by atoms with Crippen LogP contribution in [-0.2, 0) is 99.5 Å². The number of amides is 11. The van der Waals surface area contributed by atoms with Gasteiger partial charge in [-0.1, -0.05) is 38.5 Å². The average molecular weight is 1820 g/mol. The van der Waals surface area contributed by atoms with E-state index in [1.165, 1.54) is 25.7 Å². The van der Waals surface area contributed by atoms with E-state index in [9.17, 15) is 113 Å². The Balaban J connectivity index is 1.31. The van der Waals surface area contributed by atoms with Crippen LogP contribution in [0.25, 0.3) is 0 Å². The van der Waals surface area contributed by atoms with Gasteiger partial charge >= 0.3 is 7.82 Å². The van der Waals surface area contributed by atoms with Crippen molar-refractivity contribution < 1.29 is 155 Å². The highest BCUT2D eigenvalue weighted by Gasteiger charge is 2.48. The van der Waals surface area contributed by atoms with Gasteiger partial charge in [-0.3, -0.25) is 61.8 Å². The van der Waals surface area contributed by atoms with Gasteiger partial charge in [-0.15, -0.1) is 0 Å². The van der Waals surface area contributed by atoms with Crippen molar-refractivity contribution in [2.24, 2.45) is 11.8 Å². The normalized spacial score (nSPS) is 25.2. The molecule has 43 nitrogen and oxygen atoms in total. The molecule has 0 bridgehead atoms. The minimum atomic E-state index is -4.27. The summed E-state index contributed by atoms with van der Waals surface area (Å²) in [5, 5.41) is 130. The van der Waals surface area contributed by atoms with Crippen LogP contribution in [0.3, 0.4) is 0 Å². The molecule has 18 atom stereocenters. The summed E-state index contributed by atoms with van der Waals surface area (Å²) in [7, 11) is -3.24. The molecule has 44 heteroatoms. The summed E-state index contributed by atoms with van der Waals surface area (Å²) in [6.07, 6.45) is -1.91. The van der Waals surface area contributed by atoms with Crippen LogP contribution in [0.1, 0.15) is 201 Å². The van der Waals surface area contributed by atoms with Gasteiger partial charge in [0.05, 0.1) is 102 Å². The van der Waals surface area contributed by atoms with Crippen LogP contribution in [0.5, 0.6) is 0 Å². The molecule has 2 saturated heterocycles. The first-order chi connectivity index (χ1) is 59.8. The first-order valence-electron chi connectivity index (χ1n) is 44.1. The second-order valence-electron chi connectivity index (χ2n) is 32.5. The number of phosphoric acid groups is 1. The summed E-state index contributed by atoms with van der Waals surface area (Å²) in [5.74, 6) is -5.09. The third kappa shape index (κ3) is 45.1. The second-order valence-corrected chi connectivity index (χ2v) is 34.1. The highest BCUT2D eigenvalue weighted by atomic mass is 31.2. The van der Waals surface area contributed by atoms with Gasteiger partial charge < -0.3 is 147 Å². The highest BCUT2D eigenvalue weighted by Crippen LogP contribution is 2.43. The predicted molar refractivity (Wildman–Crippen MR) is 446 cm³/mol. The van der Waals surface area contributed by atoms with Crippen LogP contribution in [0, 0.1) is 11.8 Å². The maximum absolute atomic E-state index is 14.1. The molecular weight excluding hydrogens is 1670 g/mol. The summed E-state index contributed by atoms with van der Waals surface area (Å²) >= 11 is 0. The fourth-order valence-corrected chi connectivity index (χ4v) is 15.4. The highest BCUT2D eigenvalue weighted by molar-refractivity contribution is 7.47. The quantitative estimate of drug-likeness (QED) is 0.0206. The van der Waals surface area contributed by atoms with Crippen molar-refractivity contribution >= 4 is 72.8 Å². The molecule has 0 aromatic rings. The number of phosphoric ester groups is 1. The second kappa shape index (κ2) is 62.8. The third-order valence-electron chi connectivity index (χ3n) is 21.9. The Morgan fingerprint density at radius 1 is 0.408 bits per heavy atom. The van der Waals surface area contributed by atoms with Gasteiger partial charge in [-0.25, -0.2) is 4.57 Å². The number of carbonyl (C=O) groups is 11. The Kier molecular flexibility index (Phi) is 55.7. The molecule has 2 heterocycles. The van der Waals surface area contributed by atoms with Crippen LogP contribution in [0.2, 0.25) is 0 Å². The van der Waals surface area contributed by atoms with Crippen LogP contribution in [-0.4, -0.2) is 362 Å². The summed E-state index contributed by atoms with van der Waals surface area (Å²) < 4.78 is 62.9. The molecule has 11 amide bonds. The summed E-state index contributed by atoms with van der Waals surface area (Å²) in [5.41, 5.74) is -1.45. The van der Waals surface area contributed by atoms with Gasteiger partial charge in [0, 0.05) is 170 Å². The maximum atomic E-state index is 14.1. The number of nitrogens with one attached hydrogen (secondary N) is 10. The van der Waals surface area contributed by atoms with Crippen LogP contribution in [0.15, 0.2) is 0 Å². The number of nitrogens with zero attached hydrogens (tertiary/aromatic N) is 1. The fourth-order valence-electron chi connectivity index (χ4n) is 15.0. The zero-order valence-electron chi connectivity index (χ0n) is 73.1. The number of aliphatic hydroxyl groups is 10. The van der Waals surface area contributed by atoms with Crippen molar-refractivity contribution in [1.82, 2.24) is 58.1 Å². The molecule has 2 aliphatic heterocycles. The van der Waals surface area contributed by atoms with Gasteiger partial charge in [0.15, 0.2) is 6.29 Å². The lowest BCUT2D eigenvalue weighted by molar-refractivity contribution is -0.270. The lowest BCUT2D eigenvalue weighted by Gasteiger charge is -2.42. The molecule has 21 N–H and O–H groups in total. The predicted octanol–water partition coefficient (Wildman–Crippen LogP) is -3.73. The largest absolute Gasteiger partial charge is 0.471 e. The molecule has 125 heavy (non-hydrogen) atoms. The number of hydrogen-bond donors (Lipinski definition) is 21. The number of hydrogen-bond acceptors (Lipinski definition) is 31. The van der Waals surface area contributed by atoms with E-state index in [1.807, 2.05) is 0 Å². The minimum absolute atomic E-state index is 0.0682. The molecule has 2 aliphatic carbocycles. The number of likely N-dealkylation sites (tertiary alicyclic amines) is 1. The first-order valence-corrected chi connectivity index (χ1v) is 45.6. The lowest BCUT2D eigenvalue weighted by Crippen LogP contribution is -2.64. The Hall–Kier alpha value is -6.40. The Labute approximate surface area is 731 Å². The van der Waals surface area contributed by atoms with Gasteiger partial charge in [0.1, 0.15) is 42.1 Å². The fraction of sp³-hybridized carbons (Fsp3) is 0.864. The van der Waals surface area contributed by atoms with Gasteiger partial charge in [-0.2, -0.15) is 0 Å². The summed E-state index contributed by atoms with van der Waals surface area (Å²) in [4.78, 5) is 151. The smallest absolute Gasteiger partial charge is 0.396 e. The van der Waals surface area contributed by atoms with E-state index in [4.69, 9.17) is 37.7 Å². The van der Waals surface area contributed by atoms with Crippen molar-refractivity contribution in [3.63, 3.8) is 0 Å². The lowest BCUT2D eigenvalue weighted by atomic mass is 9.79. The molecule has 2 saturated carbocycles. The van der Waals surface area contributed by atoms with E-state index in [1.54, 1.807) is 0 Å². The van der Waals surface area contributed by atoms with Crippen LogP contribution >= 0.6 is 7.82 Å². The number of carbonyl (C=O) groups excluding carboxylic acids is 11. The standard InChI is InChI=1S/C81H146N11O32P/c1-53(96)88-71-60(42-56(46-93)74(108)77(71)111)120-36-16-13-22-63(100)82-30-19-33-85-66(103)27-39-117-50-81(91-69(106)25-11-9-7-5-6-8-10-12-26-70(107)92-45-59(99)44-58(92)49-123-125(114,115)116-4,51-118-40-28-67(104)86-34-20-31-83-64(101)23-14-17-37-121-61-43-57(47-94)75(109)78(112)72(61)89-54(2)97)52-119-41-29-68(105)87-35-21-32-84-65(102)24-15-18-38-122-80-73(90-55(3)98)79(113)76(110)62(48-95)124-80/h56-62,71-80,93-95,99,108-113H,5-52H2,1-4H3,(H,82,100)(H,83,101)(H,84,102)(H,85,103)(H,86,104)(H,87,105)(H,88,96)(H,89,97)(H,90,98)(H,91,106)(H,114,115). The van der Waals surface area contributed by atoms with Crippen LogP contribution in [0.4, 0.5) is 0 Å². The SMILES string of the molecule is COP(=O)(O)OCC1CC(O)CN1C(=O)CCCCCCCCCCC(=O)NC(COCCC(=O)NCCCNC(=O)CCCCOC1CC(CO)C(O)C(O)C1NC(C)=O)(COCCC(=O)NCCCNC(=O)CCCCOC1CC(CO)C(O)C(O)C1NC(C)=O)COCCC(=O)NCCCNC(=O)CCCCOC1OC(CO)C(O)C(O)C1NC(C)=O. The third-order valence-corrected chi connectivity index (χ3v) is 22.9. The number of rotatable bonds is 67. The van der Waals surface area contributed by atoms with Crippen molar-refractivity contribution in [3.8, 4) is 0 Å². The molecule has 722 valence electrons. The van der Waals surface area contributed by atoms with Crippen molar-refractivity contribution in [3.05, 3.63) is 0 Å². The number of β-amino-alcohol motifs (C(OH)–C–C–N with tert-alkyl or cyclic N) is 1. The zero-order valence-corrected chi connectivity index (χ0v) is 74.0. The van der Waals surface area contributed by atoms with Gasteiger partial charge in [0.25, 0.3) is 0 Å². The number of ether oxygens (including phenoxy) is 7. The monoisotopic (exact) mass is 1820 g/mol. The molecule has 18 unspecified atom stereocenters. The molecule has 0 aromatic heterocycles.